The summed E-state index contributed by atoms with van der Waals surface area (Å²) in [7, 11) is 0. The van der Waals surface area contributed by atoms with Crippen molar-refractivity contribution < 1.29 is 0 Å². The lowest BCUT2D eigenvalue weighted by atomic mass is 10.0. The van der Waals surface area contributed by atoms with Gasteiger partial charge in [0.15, 0.2) is 6.19 Å². The summed E-state index contributed by atoms with van der Waals surface area (Å²) in [6.07, 6.45) is 11.9. The predicted molar refractivity (Wildman–Crippen MR) is 91.5 cm³/mol. The van der Waals surface area contributed by atoms with Crippen LogP contribution in [-0.2, 0) is 0 Å². The second-order valence-corrected chi connectivity index (χ2v) is 5.94. The third-order valence-electron chi connectivity index (χ3n) is 4.45. The van der Waals surface area contributed by atoms with Crippen LogP contribution in [0, 0.1) is 11.5 Å². The Hall–Kier alpha value is -3.13. The van der Waals surface area contributed by atoms with Gasteiger partial charge in [0, 0.05) is 36.3 Å². The van der Waals surface area contributed by atoms with E-state index in [0.29, 0.717) is 0 Å². The molecule has 5 heteroatoms. The lowest BCUT2D eigenvalue weighted by Gasteiger charge is -2.19. The molecule has 0 N–H and O–H groups in total. The van der Waals surface area contributed by atoms with E-state index < -0.39 is 0 Å². The highest BCUT2D eigenvalue weighted by Gasteiger charge is 2.25. The Morgan fingerprint density at radius 1 is 1.12 bits per heavy atom. The van der Waals surface area contributed by atoms with Crippen molar-refractivity contribution in [2.24, 2.45) is 0 Å². The first-order valence-electron chi connectivity index (χ1n) is 8.06. The third-order valence-corrected chi connectivity index (χ3v) is 4.45. The topological polar surface area (TPSA) is 57.7 Å². The minimum absolute atomic E-state index is 0.0951. The number of pyridine rings is 1. The van der Waals surface area contributed by atoms with Gasteiger partial charge < -0.3 is 4.57 Å². The van der Waals surface area contributed by atoms with Crippen LogP contribution in [0.4, 0.5) is 0 Å². The Morgan fingerprint density at radius 3 is 2.83 bits per heavy atom. The molecule has 0 aliphatic carbocycles. The fourth-order valence-electron chi connectivity index (χ4n) is 3.22. The summed E-state index contributed by atoms with van der Waals surface area (Å²) in [4.78, 5) is 10.5. The van der Waals surface area contributed by atoms with Gasteiger partial charge in [-0.1, -0.05) is 24.3 Å². The van der Waals surface area contributed by atoms with Crippen LogP contribution in [0.3, 0.4) is 0 Å². The first kappa shape index (κ1) is 14.5. The molecule has 0 bridgehead atoms. The van der Waals surface area contributed by atoms with Crippen LogP contribution in [0.5, 0.6) is 0 Å². The van der Waals surface area contributed by atoms with E-state index in [1.54, 1.807) is 6.20 Å². The average Bonchev–Trinajstić information content (AvgIpc) is 3.31. The Bertz CT molecular complexity index is 878. The second kappa shape index (κ2) is 6.17. The van der Waals surface area contributed by atoms with Gasteiger partial charge in [0.05, 0.1) is 12.0 Å². The average molecular weight is 315 g/mol. The Morgan fingerprint density at radius 2 is 2.00 bits per heavy atom. The van der Waals surface area contributed by atoms with Crippen molar-refractivity contribution in [3.05, 3.63) is 61.3 Å². The van der Waals surface area contributed by atoms with E-state index in [2.05, 4.69) is 34.4 Å². The van der Waals surface area contributed by atoms with Gasteiger partial charge in [0.25, 0.3) is 0 Å². The number of benzene rings is 1. The molecule has 3 heterocycles. The molecule has 24 heavy (non-hydrogen) atoms. The molecule has 2 aromatic heterocycles. The number of hydrogen-bond donors (Lipinski definition) is 0. The fourth-order valence-corrected chi connectivity index (χ4v) is 3.22. The van der Waals surface area contributed by atoms with E-state index in [9.17, 15) is 5.26 Å². The van der Waals surface area contributed by atoms with Crippen LogP contribution in [0.15, 0.2) is 61.3 Å². The van der Waals surface area contributed by atoms with Crippen molar-refractivity contribution in [3.8, 4) is 28.6 Å². The summed E-state index contributed by atoms with van der Waals surface area (Å²) in [5.74, 6) is 0. The van der Waals surface area contributed by atoms with Crippen molar-refractivity contribution in [2.75, 3.05) is 6.54 Å². The number of rotatable bonds is 3. The number of likely N-dealkylation sites (tertiary alicyclic amines) is 1. The molecule has 0 radical (unpaired) electrons. The zero-order chi connectivity index (χ0) is 16.4. The van der Waals surface area contributed by atoms with E-state index in [1.807, 2.05) is 46.4 Å². The van der Waals surface area contributed by atoms with Crippen molar-refractivity contribution in [2.45, 2.75) is 19.0 Å². The van der Waals surface area contributed by atoms with E-state index in [1.165, 1.54) is 0 Å². The lowest BCUT2D eigenvalue weighted by molar-refractivity contribution is 0.281. The molecule has 3 aromatic rings. The monoisotopic (exact) mass is 315 g/mol. The summed E-state index contributed by atoms with van der Waals surface area (Å²) in [6.45, 7) is 0.825. The van der Waals surface area contributed by atoms with Crippen molar-refractivity contribution >= 4 is 0 Å². The van der Waals surface area contributed by atoms with E-state index >= 15 is 0 Å². The molecule has 1 aromatic carbocycles. The molecule has 118 valence electrons. The zero-order valence-electron chi connectivity index (χ0n) is 13.2. The first-order valence-corrected chi connectivity index (χ1v) is 8.06. The lowest BCUT2D eigenvalue weighted by Crippen LogP contribution is -2.21. The van der Waals surface area contributed by atoms with Crippen LogP contribution in [0.1, 0.15) is 19.0 Å². The summed E-state index contributed by atoms with van der Waals surface area (Å²) in [6, 6.07) is 12.3. The first-order chi connectivity index (χ1) is 11.8. The number of hydrogen-bond acceptors (Lipinski definition) is 4. The van der Waals surface area contributed by atoms with Gasteiger partial charge >= 0.3 is 0 Å². The molecule has 0 spiro atoms. The van der Waals surface area contributed by atoms with Gasteiger partial charge in [-0.15, -0.1) is 0 Å². The molecule has 0 amide bonds. The molecule has 1 fully saturated rings. The maximum Gasteiger partial charge on any atom is 0.181 e. The quantitative estimate of drug-likeness (QED) is 0.692. The molecule has 4 rings (SSSR count). The number of nitriles is 1. The molecule has 1 aliphatic heterocycles. The SMILES string of the molecule is N#CN1CCCC1n1cnc(-c2cccc(-c3cccnc3)c2)c1. The highest BCUT2D eigenvalue weighted by molar-refractivity contribution is 5.70. The molecule has 5 nitrogen and oxygen atoms in total. The molecule has 1 atom stereocenters. The van der Waals surface area contributed by atoms with Crippen molar-refractivity contribution in [1.29, 1.82) is 5.26 Å². The summed E-state index contributed by atoms with van der Waals surface area (Å²) in [5, 5.41) is 9.22. The molecule has 1 unspecified atom stereocenters. The van der Waals surface area contributed by atoms with Gasteiger partial charge in [-0.25, -0.2) is 4.98 Å². The number of aromatic nitrogens is 3. The molecule has 1 aliphatic rings. The standard InChI is InChI=1S/C19H17N5/c20-13-23-9-3-7-19(23)24-12-18(22-14-24)16-5-1-4-15(10-16)17-6-2-8-21-11-17/h1-2,4-6,8,10-12,14,19H,3,7,9H2. The zero-order valence-corrected chi connectivity index (χ0v) is 13.2. The minimum atomic E-state index is 0.0951. The summed E-state index contributed by atoms with van der Waals surface area (Å²) < 4.78 is 2.04. The summed E-state index contributed by atoms with van der Waals surface area (Å²) in [5.41, 5.74) is 4.20. The van der Waals surface area contributed by atoms with Crippen molar-refractivity contribution in [3.63, 3.8) is 0 Å². The number of nitrogens with zero attached hydrogens (tertiary/aromatic N) is 5. The molecular weight excluding hydrogens is 298 g/mol. The smallest absolute Gasteiger partial charge is 0.181 e. The molecular formula is C19H17N5. The Balaban J connectivity index is 1.65. The normalized spacial score (nSPS) is 17.0. The van der Waals surface area contributed by atoms with Gasteiger partial charge in [0.2, 0.25) is 0 Å². The van der Waals surface area contributed by atoms with E-state index in [0.717, 1.165) is 41.8 Å². The highest BCUT2D eigenvalue weighted by atomic mass is 15.3. The molecule has 0 saturated carbocycles. The third kappa shape index (κ3) is 2.63. The van der Waals surface area contributed by atoms with E-state index in [4.69, 9.17) is 0 Å². The Labute approximate surface area is 140 Å². The van der Waals surface area contributed by atoms with Crippen molar-refractivity contribution in [1.82, 2.24) is 19.4 Å². The number of imidazole rings is 1. The van der Waals surface area contributed by atoms with Crippen LogP contribution >= 0.6 is 0 Å². The predicted octanol–water partition coefficient (Wildman–Crippen LogP) is 3.69. The second-order valence-electron chi connectivity index (χ2n) is 5.94. The fraction of sp³-hybridized carbons (Fsp3) is 0.211. The van der Waals surface area contributed by atoms with Crippen LogP contribution in [0.25, 0.3) is 22.4 Å². The van der Waals surface area contributed by atoms with Gasteiger partial charge in [-0.3, -0.25) is 9.88 Å². The van der Waals surface area contributed by atoms with E-state index in [-0.39, 0.29) is 6.17 Å². The summed E-state index contributed by atoms with van der Waals surface area (Å²) >= 11 is 0. The van der Waals surface area contributed by atoms with Gasteiger partial charge in [-0.05, 0) is 30.5 Å². The highest BCUT2D eigenvalue weighted by Crippen LogP contribution is 2.29. The largest absolute Gasteiger partial charge is 0.315 e. The Kier molecular flexibility index (Phi) is 3.72. The maximum absolute atomic E-state index is 9.22. The van der Waals surface area contributed by atoms with Crippen LogP contribution in [0.2, 0.25) is 0 Å². The van der Waals surface area contributed by atoms with Gasteiger partial charge in [0.1, 0.15) is 6.17 Å². The van der Waals surface area contributed by atoms with Crippen LogP contribution < -0.4 is 0 Å². The minimum Gasteiger partial charge on any atom is -0.315 e. The maximum atomic E-state index is 9.22. The molecule has 1 saturated heterocycles. The van der Waals surface area contributed by atoms with Gasteiger partial charge in [-0.2, -0.15) is 5.26 Å². The van der Waals surface area contributed by atoms with Crippen LogP contribution in [-0.4, -0.2) is 26.0 Å².